The molecule has 3 heterocycles. The van der Waals surface area contributed by atoms with Gasteiger partial charge in [-0.25, -0.2) is 0 Å². The minimum Gasteiger partial charge on any atom is -0.370 e. The van der Waals surface area contributed by atoms with Gasteiger partial charge in [-0.15, -0.1) is 24.8 Å². The van der Waals surface area contributed by atoms with Crippen molar-refractivity contribution in [2.75, 3.05) is 23.3 Å². The van der Waals surface area contributed by atoms with E-state index < -0.39 is 0 Å². The Balaban J connectivity index is 0.00000113. The lowest BCUT2D eigenvalue weighted by Gasteiger charge is -2.29. The minimum absolute atomic E-state index is 0. The predicted molar refractivity (Wildman–Crippen MR) is 108 cm³/mol. The number of para-hydroxylation sites is 2. The van der Waals surface area contributed by atoms with Crippen LogP contribution in [0, 0.1) is 5.92 Å². The molecule has 1 aromatic carbocycles. The summed E-state index contributed by atoms with van der Waals surface area (Å²) in [6.07, 6.45) is 8.08. The molecule has 3 fully saturated rings. The Labute approximate surface area is 162 Å². The van der Waals surface area contributed by atoms with Gasteiger partial charge in [0, 0.05) is 31.6 Å². The van der Waals surface area contributed by atoms with Crippen molar-refractivity contribution < 1.29 is 4.79 Å². The van der Waals surface area contributed by atoms with E-state index in [0.29, 0.717) is 24.4 Å². The second-order valence-electron chi connectivity index (χ2n) is 7.44. The van der Waals surface area contributed by atoms with Gasteiger partial charge in [0.15, 0.2) is 0 Å². The first-order valence-electron chi connectivity index (χ1n) is 9.18. The third-order valence-electron chi connectivity index (χ3n) is 5.67. The summed E-state index contributed by atoms with van der Waals surface area (Å²) < 4.78 is 0. The van der Waals surface area contributed by atoms with Crippen molar-refractivity contribution >= 4 is 42.1 Å². The Hall–Kier alpha value is -0.970. The van der Waals surface area contributed by atoms with E-state index in [1.165, 1.54) is 31.4 Å². The highest BCUT2D eigenvalue weighted by atomic mass is 35.5. The lowest BCUT2D eigenvalue weighted by Crippen LogP contribution is -2.39. The Morgan fingerprint density at radius 2 is 1.72 bits per heavy atom. The monoisotopic (exact) mass is 385 g/mol. The number of anilines is 2. The number of carbonyl (C=O) groups excluding carboxylic acids is 1. The molecule has 3 saturated heterocycles. The molecular weight excluding hydrogens is 357 g/mol. The van der Waals surface area contributed by atoms with Crippen molar-refractivity contribution in [3.05, 3.63) is 24.3 Å². The molecule has 2 atom stereocenters. The number of halogens is 2. The maximum Gasteiger partial charge on any atom is 0.224 e. The smallest absolute Gasteiger partial charge is 0.224 e. The summed E-state index contributed by atoms with van der Waals surface area (Å²) in [5.74, 6) is 0.732. The number of benzene rings is 1. The number of nitrogens with one attached hydrogen (secondary N) is 2. The largest absolute Gasteiger partial charge is 0.370 e. The number of amides is 1. The van der Waals surface area contributed by atoms with Gasteiger partial charge in [0.05, 0.1) is 11.4 Å². The highest BCUT2D eigenvalue weighted by Crippen LogP contribution is 2.33. The van der Waals surface area contributed by atoms with Crippen LogP contribution in [0.2, 0.25) is 0 Å². The molecule has 0 saturated carbocycles. The zero-order valence-corrected chi connectivity index (χ0v) is 16.2. The van der Waals surface area contributed by atoms with Crippen LogP contribution in [0.15, 0.2) is 24.3 Å². The Kier molecular flexibility index (Phi) is 7.41. The van der Waals surface area contributed by atoms with E-state index in [0.717, 1.165) is 31.6 Å². The van der Waals surface area contributed by atoms with Crippen LogP contribution in [0.1, 0.15) is 44.9 Å². The molecule has 0 aliphatic carbocycles. The first kappa shape index (κ1) is 20.3. The molecule has 1 aromatic rings. The number of rotatable bonds is 4. The van der Waals surface area contributed by atoms with Crippen molar-refractivity contribution in [1.29, 1.82) is 0 Å². The summed E-state index contributed by atoms with van der Waals surface area (Å²) in [5, 5.41) is 6.83. The SMILES string of the molecule is Cl.Cl.O=C(CC1CC2CCC(C1)N2)Nc1ccccc1N1CCCC1. The molecule has 1 amide bonds. The van der Waals surface area contributed by atoms with E-state index in [-0.39, 0.29) is 30.7 Å². The summed E-state index contributed by atoms with van der Waals surface area (Å²) in [6, 6.07) is 9.56. The third-order valence-corrected chi connectivity index (χ3v) is 5.67. The number of hydrogen-bond acceptors (Lipinski definition) is 3. The summed E-state index contributed by atoms with van der Waals surface area (Å²) in [4.78, 5) is 14.9. The van der Waals surface area contributed by atoms with E-state index in [2.05, 4.69) is 27.7 Å². The molecule has 2 N–H and O–H groups in total. The van der Waals surface area contributed by atoms with Gasteiger partial charge in [0.2, 0.25) is 5.91 Å². The maximum atomic E-state index is 12.5. The van der Waals surface area contributed by atoms with Crippen LogP contribution in [0.25, 0.3) is 0 Å². The molecule has 140 valence electrons. The van der Waals surface area contributed by atoms with Crippen LogP contribution in [0.4, 0.5) is 11.4 Å². The molecule has 4 rings (SSSR count). The molecule has 6 heteroatoms. The summed E-state index contributed by atoms with van der Waals surface area (Å²) >= 11 is 0. The first-order valence-corrected chi connectivity index (χ1v) is 9.18. The molecule has 2 bridgehead atoms. The van der Waals surface area contributed by atoms with Crippen LogP contribution in [0.3, 0.4) is 0 Å². The molecule has 25 heavy (non-hydrogen) atoms. The van der Waals surface area contributed by atoms with Gasteiger partial charge in [0.1, 0.15) is 0 Å². The van der Waals surface area contributed by atoms with Gasteiger partial charge >= 0.3 is 0 Å². The van der Waals surface area contributed by atoms with Crippen molar-refractivity contribution in [3.8, 4) is 0 Å². The van der Waals surface area contributed by atoms with Crippen molar-refractivity contribution in [1.82, 2.24) is 5.32 Å². The predicted octanol–water partition coefficient (Wildman–Crippen LogP) is 3.99. The highest BCUT2D eigenvalue weighted by molar-refractivity contribution is 5.94. The Morgan fingerprint density at radius 1 is 1.08 bits per heavy atom. The highest BCUT2D eigenvalue weighted by Gasteiger charge is 2.34. The molecule has 4 nitrogen and oxygen atoms in total. The van der Waals surface area contributed by atoms with Crippen LogP contribution in [-0.4, -0.2) is 31.1 Å². The van der Waals surface area contributed by atoms with Crippen molar-refractivity contribution in [2.24, 2.45) is 5.92 Å². The quantitative estimate of drug-likeness (QED) is 0.823. The maximum absolute atomic E-state index is 12.5. The van der Waals surface area contributed by atoms with E-state index in [1.54, 1.807) is 0 Å². The molecule has 0 spiro atoms. The van der Waals surface area contributed by atoms with Gasteiger partial charge in [0.25, 0.3) is 0 Å². The third kappa shape index (κ3) is 4.81. The molecule has 3 aliphatic rings. The standard InChI is InChI=1S/C19H27N3O.2ClH/c23-19(13-14-11-15-7-8-16(12-14)20-15)21-17-5-1-2-6-18(17)22-9-3-4-10-22;;/h1-2,5-6,14-16,20H,3-4,7-13H2,(H,21,23);2*1H. The van der Waals surface area contributed by atoms with Gasteiger partial charge in [-0.2, -0.15) is 0 Å². The lowest BCUT2D eigenvalue weighted by atomic mass is 9.89. The van der Waals surface area contributed by atoms with Crippen molar-refractivity contribution in [2.45, 2.75) is 57.0 Å². The molecular formula is C19H29Cl2N3O. The van der Waals surface area contributed by atoms with Gasteiger partial charge in [-0.05, 0) is 56.6 Å². The normalized spacial score (nSPS) is 27.4. The van der Waals surface area contributed by atoms with E-state index in [9.17, 15) is 4.79 Å². The zero-order valence-electron chi connectivity index (χ0n) is 14.6. The van der Waals surface area contributed by atoms with Crippen LogP contribution < -0.4 is 15.5 Å². The Morgan fingerprint density at radius 3 is 2.40 bits per heavy atom. The average Bonchev–Trinajstić information content (AvgIpc) is 3.18. The number of fused-ring (bicyclic) bond motifs is 2. The van der Waals surface area contributed by atoms with Crippen LogP contribution >= 0.6 is 24.8 Å². The molecule has 3 aliphatic heterocycles. The number of carbonyl (C=O) groups is 1. The van der Waals surface area contributed by atoms with E-state index in [4.69, 9.17) is 0 Å². The summed E-state index contributed by atoms with van der Waals surface area (Å²) in [7, 11) is 0. The zero-order chi connectivity index (χ0) is 15.6. The summed E-state index contributed by atoms with van der Waals surface area (Å²) in [5.41, 5.74) is 2.17. The van der Waals surface area contributed by atoms with E-state index in [1.807, 2.05) is 12.1 Å². The fourth-order valence-corrected chi connectivity index (χ4v) is 4.62. The molecule has 2 unspecified atom stereocenters. The van der Waals surface area contributed by atoms with E-state index >= 15 is 0 Å². The second-order valence-corrected chi connectivity index (χ2v) is 7.44. The number of piperidine rings is 1. The fraction of sp³-hybridized carbons (Fsp3) is 0.632. The van der Waals surface area contributed by atoms with Crippen LogP contribution in [-0.2, 0) is 4.79 Å². The van der Waals surface area contributed by atoms with Gasteiger partial charge in [-0.1, -0.05) is 12.1 Å². The average molecular weight is 386 g/mol. The first-order chi connectivity index (χ1) is 11.3. The van der Waals surface area contributed by atoms with Gasteiger partial charge < -0.3 is 15.5 Å². The second kappa shape index (κ2) is 9.11. The Bertz CT molecular complexity index is 566. The number of nitrogens with zero attached hydrogens (tertiary/aromatic N) is 1. The molecule has 0 aromatic heterocycles. The lowest BCUT2D eigenvalue weighted by molar-refractivity contribution is -0.117. The van der Waals surface area contributed by atoms with Crippen molar-refractivity contribution in [3.63, 3.8) is 0 Å². The summed E-state index contributed by atoms with van der Waals surface area (Å²) in [6.45, 7) is 2.20. The van der Waals surface area contributed by atoms with Crippen LogP contribution in [0.5, 0.6) is 0 Å². The minimum atomic E-state index is 0. The van der Waals surface area contributed by atoms with Gasteiger partial charge in [-0.3, -0.25) is 4.79 Å². The fourth-order valence-electron chi connectivity index (χ4n) is 4.62. The topological polar surface area (TPSA) is 44.4 Å². The molecule has 0 radical (unpaired) electrons. The number of hydrogen-bond donors (Lipinski definition) is 2.